The number of carbonyl (C=O) groups excluding carboxylic acids is 2. The lowest BCUT2D eigenvalue weighted by Crippen LogP contribution is -2.39. The Balaban J connectivity index is 1.60. The minimum Gasteiger partial charge on any atom is -0.507 e. The van der Waals surface area contributed by atoms with Crippen molar-refractivity contribution in [3.63, 3.8) is 0 Å². The molecule has 0 bridgehead atoms. The number of fused-ring (bicyclic) bond motifs is 1. The van der Waals surface area contributed by atoms with Gasteiger partial charge in [-0.25, -0.2) is 9.59 Å². The highest BCUT2D eigenvalue weighted by Gasteiger charge is 2.13. The van der Waals surface area contributed by atoms with E-state index in [1.807, 2.05) is 0 Å². The predicted molar refractivity (Wildman–Crippen MR) is 94.3 cm³/mol. The molecule has 0 fully saturated rings. The van der Waals surface area contributed by atoms with E-state index in [1.165, 1.54) is 42.7 Å². The van der Waals surface area contributed by atoms with Crippen molar-refractivity contribution in [2.45, 2.75) is 6.54 Å². The molecule has 0 atom stereocenters. The number of rotatable bonds is 4. The van der Waals surface area contributed by atoms with Crippen molar-refractivity contribution in [3.8, 4) is 5.75 Å². The third kappa shape index (κ3) is 4.15. The molecule has 0 radical (unpaired) electrons. The van der Waals surface area contributed by atoms with E-state index in [0.717, 1.165) is 0 Å². The summed E-state index contributed by atoms with van der Waals surface area (Å²) in [5.41, 5.74) is 1.64. The van der Waals surface area contributed by atoms with Gasteiger partial charge >= 0.3 is 12.0 Å². The van der Waals surface area contributed by atoms with E-state index < -0.39 is 23.7 Å². The summed E-state index contributed by atoms with van der Waals surface area (Å²) < 4.78 is 0. The Kier molecular flexibility index (Phi) is 4.93. The van der Waals surface area contributed by atoms with Crippen LogP contribution in [0.3, 0.4) is 0 Å². The number of carboxylic acids is 1. The van der Waals surface area contributed by atoms with E-state index in [0.29, 0.717) is 16.6 Å². The van der Waals surface area contributed by atoms with Gasteiger partial charge in [-0.3, -0.25) is 20.1 Å². The largest absolute Gasteiger partial charge is 0.507 e. The van der Waals surface area contributed by atoms with E-state index in [4.69, 9.17) is 5.11 Å². The maximum Gasteiger partial charge on any atom is 0.339 e. The molecule has 0 spiro atoms. The second kappa shape index (κ2) is 7.48. The molecule has 0 aliphatic carbocycles. The summed E-state index contributed by atoms with van der Waals surface area (Å²) in [5, 5.41) is 23.1. The standard InChI is InChI=1S/C18H14N4O5/c23-15-7-10(1-3-12(15)17(25)26)9-21-18(27)22-16(24)11-2-4-13-14(8-11)20-6-5-19-13/h1-8,23H,9H2,(H,25,26)(H2,21,22,24,27). The number of aromatic carboxylic acids is 1. The predicted octanol–water partition coefficient (Wildman–Crippen LogP) is 1.67. The lowest BCUT2D eigenvalue weighted by molar-refractivity contribution is 0.0693. The number of hydrogen-bond donors (Lipinski definition) is 4. The average Bonchev–Trinajstić information content (AvgIpc) is 2.65. The monoisotopic (exact) mass is 366 g/mol. The van der Waals surface area contributed by atoms with Gasteiger partial charge in [0, 0.05) is 24.5 Å². The summed E-state index contributed by atoms with van der Waals surface area (Å²) in [6.07, 6.45) is 3.04. The molecular formula is C18H14N4O5. The first-order valence-corrected chi connectivity index (χ1v) is 7.79. The maximum absolute atomic E-state index is 12.2. The summed E-state index contributed by atoms with van der Waals surface area (Å²) >= 11 is 0. The van der Waals surface area contributed by atoms with Crippen molar-refractivity contribution in [1.29, 1.82) is 0 Å². The van der Waals surface area contributed by atoms with Crippen LogP contribution in [-0.4, -0.2) is 38.1 Å². The van der Waals surface area contributed by atoms with Gasteiger partial charge in [0.15, 0.2) is 0 Å². The third-order valence-electron chi connectivity index (χ3n) is 3.70. The highest BCUT2D eigenvalue weighted by atomic mass is 16.4. The summed E-state index contributed by atoms with van der Waals surface area (Å²) in [6.45, 7) is -0.00420. The number of carboxylic acid groups (broad SMARTS) is 1. The Bertz CT molecular complexity index is 1050. The van der Waals surface area contributed by atoms with Gasteiger partial charge in [-0.1, -0.05) is 6.07 Å². The van der Waals surface area contributed by atoms with Crippen LogP contribution in [0.4, 0.5) is 4.79 Å². The Labute approximate surface area is 152 Å². The molecule has 27 heavy (non-hydrogen) atoms. The van der Waals surface area contributed by atoms with E-state index >= 15 is 0 Å². The quantitative estimate of drug-likeness (QED) is 0.550. The fourth-order valence-corrected chi connectivity index (χ4v) is 2.37. The van der Waals surface area contributed by atoms with Crippen LogP contribution >= 0.6 is 0 Å². The molecule has 3 aromatic rings. The van der Waals surface area contributed by atoms with Crippen molar-refractivity contribution >= 4 is 28.9 Å². The summed E-state index contributed by atoms with van der Waals surface area (Å²) in [7, 11) is 0. The maximum atomic E-state index is 12.2. The molecule has 3 amide bonds. The zero-order chi connectivity index (χ0) is 19.4. The number of amides is 3. The van der Waals surface area contributed by atoms with Gasteiger partial charge in [-0.2, -0.15) is 0 Å². The van der Waals surface area contributed by atoms with Gasteiger partial charge in [0.25, 0.3) is 5.91 Å². The molecule has 0 saturated heterocycles. The lowest BCUT2D eigenvalue weighted by Gasteiger charge is -2.08. The molecule has 0 saturated carbocycles. The van der Waals surface area contributed by atoms with Crippen molar-refractivity contribution in [2.75, 3.05) is 0 Å². The molecule has 1 heterocycles. The first kappa shape index (κ1) is 17.8. The molecule has 136 valence electrons. The molecule has 3 rings (SSSR count). The SMILES string of the molecule is O=C(NCc1ccc(C(=O)O)c(O)c1)NC(=O)c1ccc2nccnc2c1. The van der Waals surface area contributed by atoms with Crippen LogP contribution in [-0.2, 0) is 6.54 Å². The molecule has 2 aromatic carbocycles. The molecule has 9 nitrogen and oxygen atoms in total. The zero-order valence-electron chi connectivity index (χ0n) is 13.8. The molecular weight excluding hydrogens is 352 g/mol. The fourth-order valence-electron chi connectivity index (χ4n) is 2.37. The Morgan fingerprint density at radius 1 is 0.963 bits per heavy atom. The molecule has 0 aliphatic heterocycles. The normalized spacial score (nSPS) is 10.4. The number of aromatic nitrogens is 2. The first-order valence-electron chi connectivity index (χ1n) is 7.79. The fraction of sp³-hybridized carbons (Fsp3) is 0.0556. The van der Waals surface area contributed by atoms with E-state index in [9.17, 15) is 19.5 Å². The first-order chi connectivity index (χ1) is 12.9. The summed E-state index contributed by atoms with van der Waals surface area (Å²) in [5.74, 6) is -2.27. The number of benzene rings is 2. The molecule has 4 N–H and O–H groups in total. The smallest absolute Gasteiger partial charge is 0.339 e. The molecule has 0 aliphatic rings. The number of nitrogens with one attached hydrogen (secondary N) is 2. The van der Waals surface area contributed by atoms with Crippen molar-refractivity contribution in [1.82, 2.24) is 20.6 Å². The van der Waals surface area contributed by atoms with Gasteiger partial charge in [0.2, 0.25) is 0 Å². The highest BCUT2D eigenvalue weighted by molar-refractivity contribution is 6.05. The molecule has 0 unspecified atom stereocenters. The number of carbonyl (C=O) groups is 3. The van der Waals surface area contributed by atoms with Crippen LogP contribution in [0.25, 0.3) is 11.0 Å². The third-order valence-corrected chi connectivity index (χ3v) is 3.70. The number of urea groups is 1. The van der Waals surface area contributed by atoms with E-state index in [1.54, 1.807) is 6.07 Å². The Hall–Kier alpha value is -4.01. The number of nitrogens with zero attached hydrogens (tertiary/aromatic N) is 2. The van der Waals surface area contributed by atoms with E-state index in [-0.39, 0.29) is 17.7 Å². The van der Waals surface area contributed by atoms with E-state index in [2.05, 4.69) is 20.6 Å². The number of hydrogen-bond acceptors (Lipinski definition) is 6. The number of phenols is 1. The summed E-state index contributed by atoms with van der Waals surface area (Å²) in [4.78, 5) is 43.1. The Morgan fingerprint density at radius 3 is 2.41 bits per heavy atom. The van der Waals surface area contributed by atoms with Crippen LogP contribution in [0.15, 0.2) is 48.8 Å². The van der Waals surface area contributed by atoms with Crippen molar-refractivity contribution in [2.24, 2.45) is 0 Å². The van der Waals surface area contributed by atoms with Crippen LogP contribution in [0.1, 0.15) is 26.3 Å². The topological polar surface area (TPSA) is 142 Å². The van der Waals surface area contributed by atoms with Crippen LogP contribution in [0, 0.1) is 0 Å². The lowest BCUT2D eigenvalue weighted by atomic mass is 10.1. The molecule has 1 aromatic heterocycles. The van der Waals surface area contributed by atoms with Gasteiger partial charge in [0.05, 0.1) is 11.0 Å². The minimum absolute atomic E-state index is 0.00420. The summed E-state index contributed by atoms with van der Waals surface area (Å²) in [6, 6.07) is 7.85. The van der Waals surface area contributed by atoms with Crippen LogP contribution in [0.5, 0.6) is 5.75 Å². The van der Waals surface area contributed by atoms with Crippen LogP contribution in [0.2, 0.25) is 0 Å². The second-order valence-corrected chi connectivity index (χ2v) is 5.55. The highest BCUT2D eigenvalue weighted by Crippen LogP contribution is 2.18. The van der Waals surface area contributed by atoms with Gasteiger partial charge in [-0.15, -0.1) is 0 Å². The Morgan fingerprint density at radius 2 is 1.70 bits per heavy atom. The van der Waals surface area contributed by atoms with Gasteiger partial charge < -0.3 is 15.5 Å². The molecule has 9 heteroatoms. The zero-order valence-corrected chi connectivity index (χ0v) is 13.8. The number of imide groups is 1. The van der Waals surface area contributed by atoms with Crippen molar-refractivity contribution in [3.05, 3.63) is 65.5 Å². The minimum atomic E-state index is -1.25. The van der Waals surface area contributed by atoms with Gasteiger partial charge in [0.1, 0.15) is 11.3 Å². The van der Waals surface area contributed by atoms with Crippen molar-refractivity contribution < 1.29 is 24.6 Å². The average molecular weight is 366 g/mol. The van der Waals surface area contributed by atoms with Crippen LogP contribution < -0.4 is 10.6 Å². The van der Waals surface area contributed by atoms with Gasteiger partial charge in [-0.05, 0) is 35.9 Å². The number of aromatic hydroxyl groups is 1. The second-order valence-electron chi connectivity index (χ2n) is 5.55.